The summed E-state index contributed by atoms with van der Waals surface area (Å²) in [7, 11) is 0. The molecule has 2 heteroatoms. The van der Waals surface area contributed by atoms with E-state index in [9.17, 15) is 4.79 Å². The van der Waals surface area contributed by atoms with Crippen LogP contribution in [0.1, 0.15) is 43.0 Å². The highest BCUT2D eigenvalue weighted by Crippen LogP contribution is 2.62. The normalized spacial score (nSPS) is 36.5. The van der Waals surface area contributed by atoms with Gasteiger partial charge in [-0.1, -0.05) is 25.1 Å². The number of carbonyl (C=O) groups excluding carboxylic acids is 1. The second-order valence-corrected chi connectivity index (χ2v) is 6.00. The van der Waals surface area contributed by atoms with E-state index in [1.54, 1.807) is 0 Å². The molecular formula is C16H16O2. The molecule has 0 aromatic heterocycles. The summed E-state index contributed by atoms with van der Waals surface area (Å²) >= 11 is 0. The Kier molecular flexibility index (Phi) is 1.76. The van der Waals surface area contributed by atoms with Crippen molar-refractivity contribution in [2.75, 3.05) is 0 Å². The highest BCUT2D eigenvalue weighted by Gasteiger charge is 2.65. The number of para-hydroxylation sites is 1. The quantitative estimate of drug-likeness (QED) is 0.648. The zero-order chi connectivity index (χ0) is 12.4. The molecule has 0 radical (unpaired) electrons. The SMILES string of the molecule is C[C@@]12CCCC=C1[C@@]1(C2)Oc2ccccc2C1=O. The fourth-order valence-corrected chi connectivity index (χ4v) is 3.98. The smallest absolute Gasteiger partial charge is 0.214 e. The minimum Gasteiger partial charge on any atom is -0.474 e. The fourth-order valence-electron chi connectivity index (χ4n) is 3.98. The van der Waals surface area contributed by atoms with E-state index in [0.717, 1.165) is 24.2 Å². The van der Waals surface area contributed by atoms with Crippen molar-refractivity contribution in [1.82, 2.24) is 0 Å². The lowest BCUT2D eigenvalue weighted by molar-refractivity contribution is -0.00593. The number of allylic oxidation sites excluding steroid dienone is 1. The highest BCUT2D eigenvalue weighted by molar-refractivity contribution is 6.11. The van der Waals surface area contributed by atoms with Gasteiger partial charge in [0.1, 0.15) is 5.75 Å². The molecule has 1 aliphatic heterocycles. The van der Waals surface area contributed by atoms with E-state index in [1.165, 1.54) is 18.4 Å². The van der Waals surface area contributed by atoms with Crippen molar-refractivity contribution in [3.05, 3.63) is 41.5 Å². The molecule has 0 saturated heterocycles. The third kappa shape index (κ3) is 1.02. The predicted octanol–water partition coefficient (Wildman–Crippen LogP) is 3.52. The van der Waals surface area contributed by atoms with Gasteiger partial charge in [0.05, 0.1) is 5.56 Å². The maximum Gasteiger partial charge on any atom is 0.214 e. The Morgan fingerprint density at radius 1 is 1.28 bits per heavy atom. The summed E-state index contributed by atoms with van der Waals surface area (Å²) in [6.45, 7) is 2.27. The molecule has 1 saturated carbocycles. The summed E-state index contributed by atoms with van der Waals surface area (Å²) in [6, 6.07) is 7.62. The molecule has 0 amide bonds. The Balaban J connectivity index is 1.82. The zero-order valence-corrected chi connectivity index (χ0v) is 10.5. The number of hydrogen-bond acceptors (Lipinski definition) is 2. The molecule has 1 aromatic carbocycles. The number of ether oxygens (including phenoxy) is 1. The largest absolute Gasteiger partial charge is 0.474 e. The van der Waals surface area contributed by atoms with Crippen LogP contribution in [-0.4, -0.2) is 11.4 Å². The molecule has 3 aliphatic rings. The lowest BCUT2D eigenvalue weighted by Crippen LogP contribution is -2.60. The molecule has 2 atom stereocenters. The molecular weight excluding hydrogens is 224 g/mol. The van der Waals surface area contributed by atoms with Crippen molar-refractivity contribution < 1.29 is 9.53 Å². The van der Waals surface area contributed by atoms with E-state index < -0.39 is 5.60 Å². The van der Waals surface area contributed by atoms with Crippen LogP contribution in [0.25, 0.3) is 0 Å². The maximum atomic E-state index is 12.6. The van der Waals surface area contributed by atoms with Gasteiger partial charge >= 0.3 is 0 Å². The van der Waals surface area contributed by atoms with Gasteiger partial charge in [0, 0.05) is 6.42 Å². The lowest BCUT2D eigenvalue weighted by Gasteiger charge is -2.55. The first kappa shape index (κ1) is 10.4. The summed E-state index contributed by atoms with van der Waals surface area (Å²) in [6.07, 6.45) is 6.60. The molecule has 1 spiro atoms. The van der Waals surface area contributed by atoms with Crippen molar-refractivity contribution in [2.45, 2.75) is 38.2 Å². The zero-order valence-electron chi connectivity index (χ0n) is 10.5. The summed E-state index contributed by atoms with van der Waals surface area (Å²) in [5.41, 5.74) is 1.56. The third-order valence-corrected chi connectivity index (χ3v) is 4.79. The van der Waals surface area contributed by atoms with Gasteiger partial charge in [0.15, 0.2) is 5.60 Å². The van der Waals surface area contributed by atoms with Gasteiger partial charge < -0.3 is 4.74 Å². The topological polar surface area (TPSA) is 26.3 Å². The number of ketones is 1. The Bertz CT molecular complexity index is 587. The molecule has 18 heavy (non-hydrogen) atoms. The molecule has 1 fully saturated rings. The van der Waals surface area contributed by atoms with Gasteiger partial charge in [0.25, 0.3) is 0 Å². The standard InChI is InChI=1S/C16H16O2/c1-15-9-5-4-8-13(15)16(10-15)14(17)11-6-2-3-7-12(11)18-16/h2-3,6-8H,4-5,9-10H2,1H3/t15-,16+/m0/s1. The molecule has 1 aromatic rings. The van der Waals surface area contributed by atoms with Gasteiger partial charge in [-0.2, -0.15) is 0 Å². The van der Waals surface area contributed by atoms with Crippen LogP contribution in [0.4, 0.5) is 0 Å². The Morgan fingerprint density at radius 2 is 2.11 bits per heavy atom. The minimum absolute atomic E-state index is 0.170. The van der Waals surface area contributed by atoms with Gasteiger partial charge in [0.2, 0.25) is 5.78 Å². The molecule has 92 valence electrons. The number of rotatable bonds is 0. The van der Waals surface area contributed by atoms with Crippen LogP contribution in [-0.2, 0) is 0 Å². The second kappa shape index (κ2) is 3.05. The van der Waals surface area contributed by atoms with Gasteiger partial charge in [-0.25, -0.2) is 0 Å². The van der Waals surface area contributed by atoms with Crippen molar-refractivity contribution in [2.24, 2.45) is 5.41 Å². The van der Waals surface area contributed by atoms with Crippen LogP contribution in [0, 0.1) is 5.41 Å². The lowest BCUT2D eigenvalue weighted by atomic mass is 9.51. The average molecular weight is 240 g/mol. The van der Waals surface area contributed by atoms with Crippen LogP contribution in [0.15, 0.2) is 35.9 Å². The molecule has 4 rings (SSSR count). The van der Waals surface area contributed by atoms with E-state index in [2.05, 4.69) is 13.0 Å². The van der Waals surface area contributed by atoms with Crippen LogP contribution in [0.2, 0.25) is 0 Å². The van der Waals surface area contributed by atoms with E-state index in [1.807, 2.05) is 24.3 Å². The van der Waals surface area contributed by atoms with Crippen molar-refractivity contribution in [1.29, 1.82) is 0 Å². The second-order valence-electron chi connectivity index (χ2n) is 6.00. The van der Waals surface area contributed by atoms with Crippen LogP contribution < -0.4 is 4.74 Å². The summed E-state index contributed by atoms with van der Waals surface area (Å²) in [5.74, 6) is 0.930. The number of benzene rings is 1. The Labute approximate surface area is 107 Å². The monoisotopic (exact) mass is 240 g/mol. The molecule has 2 nitrogen and oxygen atoms in total. The molecule has 0 N–H and O–H groups in total. The number of hydrogen-bond donors (Lipinski definition) is 0. The van der Waals surface area contributed by atoms with E-state index >= 15 is 0 Å². The van der Waals surface area contributed by atoms with E-state index in [-0.39, 0.29) is 11.2 Å². The number of carbonyl (C=O) groups is 1. The van der Waals surface area contributed by atoms with Crippen LogP contribution >= 0.6 is 0 Å². The molecule has 0 bridgehead atoms. The Morgan fingerprint density at radius 3 is 2.89 bits per heavy atom. The summed E-state index contributed by atoms with van der Waals surface area (Å²) in [5, 5.41) is 0. The third-order valence-electron chi connectivity index (χ3n) is 4.79. The van der Waals surface area contributed by atoms with Gasteiger partial charge in [-0.05, 0) is 42.4 Å². The fraction of sp³-hybridized carbons (Fsp3) is 0.438. The first-order valence-electron chi connectivity index (χ1n) is 6.70. The molecule has 1 heterocycles. The van der Waals surface area contributed by atoms with Crippen LogP contribution in [0.3, 0.4) is 0 Å². The van der Waals surface area contributed by atoms with Crippen molar-refractivity contribution in [3.63, 3.8) is 0 Å². The van der Waals surface area contributed by atoms with E-state index in [0.29, 0.717) is 0 Å². The summed E-state index contributed by atoms with van der Waals surface area (Å²) < 4.78 is 6.06. The number of fused-ring (bicyclic) bond motifs is 3. The van der Waals surface area contributed by atoms with Crippen molar-refractivity contribution in [3.8, 4) is 5.75 Å². The van der Waals surface area contributed by atoms with Gasteiger partial charge in [-0.15, -0.1) is 0 Å². The molecule has 2 aliphatic carbocycles. The highest BCUT2D eigenvalue weighted by atomic mass is 16.5. The van der Waals surface area contributed by atoms with E-state index in [4.69, 9.17) is 4.74 Å². The Hall–Kier alpha value is -1.57. The first-order chi connectivity index (χ1) is 8.66. The maximum absolute atomic E-state index is 12.6. The minimum atomic E-state index is -0.640. The average Bonchev–Trinajstić information content (AvgIpc) is 2.64. The summed E-state index contributed by atoms with van der Waals surface area (Å²) in [4.78, 5) is 12.6. The van der Waals surface area contributed by atoms with Crippen molar-refractivity contribution >= 4 is 5.78 Å². The predicted molar refractivity (Wildman–Crippen MR) is 68.8 cm³/mol. The number of Topliss-reactive ketones (excluding diaryl/α,β-unsaturated/α-hetero) is 1. The molecule has 0 unspecified atom stereocenters. The first-order valence-corrected chi connectivity index (χ1v) is 6.70. The van der Waals surface area contributed by atoms with Crippen LogP contribution in [0.5, 0.6) is 5.75 Å². The van der Waals surface area contributed by atoms with Gasteiger partial charge in [-0.3, -0.25) is 4.79 Å².